The zero-order chi connectivity index (χ0) is 22.7. The highest BCUT2D eigenvalue weighted by atomic mass is 32.2. The van der Waals surface area contributed by atoms with Gasteiger partial charge in [0.15, 0.2) is 5.16 Å². The van der Waals surface area contributed by atoms with Crippen molar-refractivity contribution in [2.45, 2.75) is 11.7 Å². The Bertz CT molecular complexity index is 1370. The quantitative estimate of drug-likeness (QED) is 0.226. The number of hydrogen-bond acceptors (Lipinski definition) is 5. The molecule has 0 saturated carbocycles. The van der Waals surface area contributed by atoms with Gasteiger partial charge in [-0.05, 0) is 23.8 Å². The number of thioether (sulfide) groups is 1. The number of aromatic nitrogens is 2. The van der Waals surface area contributed by atoms with Crippen LogP contribution in [0.5, 0.6) is 0 Å². The summed E-state index contributed by atoms with van der Waals surface area (Å²) in [6.07, 6.45) is 1.58. The SMILES string of the molecule is C=CCn1c(SCC(=O)Nc2cc(F)ccc2F)nc2sc(-c3ccccc3)cc2c1=O. The van der Waals surface area contributed by atoms with Crippen molar-refractivity contribution in [3.05, 3.63) is 89.2 Å². The van der Waals surface area contributed by atoms with Gasteiger partial charge in [0, 0.05) is 17.5 Å². The molecule has 32 heavy (non-hydrogen) atoms. The third-order valence-corrected chi connectivity index (χ3v) is 6.58. The average Bonchev–Trinajstić information content (AvgIpc) is 3.22. The summed E-state index contributed by atoms with van der Waals surface area (Å²) in [5.74, 6) is -2.08. The molecule has 2 heterocycles. The van der Waals surface area contributed by atoms with E-state index in [0.29, 0.717) is 15.4 Å². The van der Waals surface area contributed by atoms with E-state index in [4.69, 9.17) is 0 Å². The molecule has 2 aromatic heterocycles. The molecule has 4 rings (SSSR count). The molecule has 0 bridgehead atoms. The monoisotopic (exact) mass is 469 g/mol. The number of amides is 1. The number of carbonyl (C=O) groups is 1. The van der Waals surface area contributed by atoms with Crippen LogP contribution in [0.3, 0.4) is 0 Å². The second kappa shape index (κ2) is 9.46. The van der Waals surface area contributed by atoms with Gasteiger partial charge in [-0.25, -0.2) is 13.8 Å². The number of fused-ring (bicyclic) bond motifs is 1. The molecule has 0 atom stereocenters. The summed E-state index contributed by atoms with van der Waals surface area (Å²) < 4.78 is 28.5. The lowest BCUT2D eigenvalue weighted by Gasteiger charge is -2.10. The highest BCUT2D eigenvalue weighted by Crippen LogP contribution is 2.32. The largest absolute Gasteiger partial charge is 0.323 e. The molecule has 5 nitrogen and oxygen atoms in total. The minimum Gasteiger partial charge on any atom is -0.323 e. The molecule has 0 spiro atoms. The number of halogens is 2. The molecular weight excluding hydrogens is 452 g/mol. The Morgan fingerprint density at radius 1 is 1.19 bits per heavy atom. The topological polar surface area (TPSA) is 64.0 Å². The van der Waals surface area contributed by atoms with E-state index in [9.17, 15) is 18.4 Å². The molecule has 0 aliphatic rings. The summed E-state index contributed by atoms with van der Waals surface area (Å²) in [5, 5.41) is 3.18. The summed E-state index contributed by atoms with van der Waals surface area (Å²) in [7, 11) is 0. The van der Waals surface area contributed by atoms with E-state index in [0.717, 1.165) is 40.4 Å². The van der Waals surface area contributed by atoms with E-state index in [1.165, 1.54) is 15.9 Å². The molecule has 2 aromatic carbocycles. The second-order valence-corrected chi connectivity index (χ2v) is 8.73. The summed E-state index contributed by atoms with van der Waals surface area (Å²) in [4.78, 5) is 31.5. The minimum absolute atomic E-state index is 0.137. The first kappa shape index (κ1) is 21.9. The van der Waals surface area contributed by atoms with Gasteiger partial charge in [0.25, 0.3) is 5.56 Å². The number of benzene rings is 2. The van der Waals surface area contributed by atoms with E-state index in [2.05, 4.69) is 16.9 Å². The van der Waals surface area contributed by atoms with Gasteiger partial charge in [-0.3, -0.25) is 14.2 Å². The van der Waals surface area contributed by atoms with Crippen molar-refractivity contribution in [3.63, 3.8) is 0 Å². The van der Waals surface area contributed by atoms with Gasteiger partial charge in [0.05, 0.1) is 16.8 Å². The molecule has 0 radical (unpaired) electrons. The molecule has 9 heteroatoms. The van der Waals surface area contributed by atoms with Crippen LogP contribution >= 0.6 is 23.1 Å². The van der Waals surface area contributed by atoms with Crippen LogP contribution in [0.1, 0.15) is 0 Å². The van der Waals surface area contributed by atoms with Crippen molar-refractivity contribution < 1.29 is 13.6 Å². The zero-order valence-corrected chi connectivity index (χ0v) is 18.3. The molecule has 0 fully saturated rings. The lowest BCUT2D eigenvalue weighted by atomic mass is 10.2. The minimum atomic E-state index is -0.736. The van der Waals surface area contributed by atoms with Crippen LogP contribution in [0.25, 0.3) is 20.7 Å². The molecule has 0 unspecified atom stereocenters. The number of rotatable bonds is 7. The standard InChI is InChI=1S/C23H17F2N3O2S2/c1-2-10-28-22(30)16-12-19(14-6-4-3-5-7-14)32-21(16)27-23(28)31-13-20(29)26-18-11-15(24)8-9-17(18)25/h2-9,11-12H,1,10,13H2,(H,26,29). The zero-order valence-electron chi connectivity index (χ0n) is 16.7. The summed E-state index contributed by atoms with van der Waals surface area (Å²) in [5.41, 5.74) is 0.511. The number of hydrogen-bond donors (Lipinski definition) is 1. The van der Waals surface area contributed by atoms with E-state index < -0.39 is 17.5 Å². The molecule has 162 valence electrons. The summed E-state index contributed by atoms with van der Waals surface area (Å²) in [6, 6.07) is 14.3. The van der Waals surface area contributed by atoms with Gasteiger partial charge < -0.3 is 5.32 Å². The maximum Gasteiger partial charge on any atom is 0.263 e. The molecular formula is C23H17F2N3O2S2. The van der Waals surface area contributed by atoms with Crippen LogP contribution in [-0.2, 0) is 11.3 Å². The highest BCUT2D eigenvalue weighted by Gasteiger charge is 2.16. The highest BCUT2D eigenvalue weighted by molar-refractivity contribution is 7.99. The maximum atomic E-state index is 13.8. The molecule has 0 aliphatic heterocycles. The van der Waals surface area contributed by atoms with Crippen molar-refractivity contribution in [2.75, 3.05) is 11.1 Å². The molecule has 4 aromatic rings. The van der Waals surface area contributed by atoms with Crippen molar-refractivity contribution in [1.82, 2.24) is 9.55 Å². The summed E-state index contributed by atoms with van der Waals surface area (Å²) >= 11 is 2.43. The molecule has 1 N–H and O–H groups in total. The number of thiophene rings is 1. The Labute approximate surface area is 190 Å². The molecule has 1 amide bonds. The lowest BCUT2D eigenvalue weighted by molar-refractivity contribution is -0.113. The Balaban J connectivity index is 1.61. The normalized spacial score (nSPS) is 10.9. The third-order valence-electron chi connectivity index (χ3n) is 4.52. The fourth-order valence-electron chi connectivity index (χ4n) is 3.05. The Hall–Kier alpha value is -3.30. The van der Waals surface area contributed by atoms with Crippen molar-refractivity contribution in [1.29, 1.82) is 0 Å². The first-order valence-corrected chi connectivity index (χ1v) is 11.3. The van der Waals surface area contributed by atoms with Crippen LogP contribution in [0.15, 0.2) is 77.2 Å². The van der Waals surface area contributed by atoms with Crippen molar-refractivity contribution in [3.8, 4) is 10.4 Å². The predicted molar refractivity (Wildman–Crippen MR) is 125 cm³/mol. The van der Waals surface area contributed by atoms with Gasteiger partial charge >= 0.3 is 0 Å². The van der Waals surface area contributed by atoms with Crippen LogP contribution in [0, 0.1) is 11.6 Å². The molecule has 0 saturated heterocycles. The number of allylic oxidation sites excluding steroid dienone is 1. The van der Waals surface area contributed by atoms with Gasteiger partial charge in [0.1, 0.15) is 16.5 Å². The Morgan fingerprint density at radius 3 is 2.72 bits per heavy atom. The Morgan fingerprint density at radius 2 is 1.97 bits per heavy atom. The third kappa shape index (κ3) is 4.63. The second-order valence-electron chi connectivity index (χ2n) is 6.76. The fraction of sp³-hybridized carbons (Fsp3) is 0.0870. The smallest absolute Gasteiger partial charge is 0.263 e. The van der Waals surface area contributed by atoms with Crippen LogP contribution < -0.4 is 10.9 Å². The first-order chi connectivity index (χ1) is 15.5. The first-order valence-electron chi connectivity index (χ1n) is 9.54. The summed E-state index contributed by atoms with van der Waals surface area (Å²) in [6.45, 7) is 3.91. The van der Waals surface area contributed by atoms with Crippen LogP contribution in [0.2, 0.25) is 0 Å². The number of nitrogens with zero attached hydrogens (tertiary/aromatic N) is 2. The van der Waals surface area contributed by atoms with E-state index >= 15 is 0 Å². The molecule has 0 aliphatic carbocycles. The van der Waals surface area contributed by atoms with Crippen LogP contribution in [-0.4, -0.2) is 21.2 Å². The van der Waals surface area contributed by atoms with Gasteiger partial charge in [0.2, 0.25) is 5.91 Å². The van der Waals surface area contributed by atoms with Crippen molar-refractivity contribution in [2.24, 2.45) is 0 Å². The number of carbonyl (C=O) groups excluding carboxylic acids is 1. The number of anilines is 1. The Kier molecular flexibility index (Phi) is 6.48. The maximum absolute atomic E-state index is 13.8. The fourth-order valence-corrected chi connectivity index (χ4v) is 4.94. The van der Waals surface area contributed by atoms with Crippen molar-refractivity contribution >= 4 is 44.9 Å². The lowest BCUT2D eigenvalue weighted by Crippen LogP contribution is -2.23. The average molecular weight is 470 g/mol. The van der Waals surface area contributed by atoms with Gasteiger partial charge in [-0.15, -0.1) is 17.9 Å². The number of nitrogens with one attached hydrogen (secondary N) is 1. The van der Waals surface area contributed by atoms with Gasteiger partial charge in [-0.1, -0.05) is 48.2 Å². The van der Waals surface area contributed by atoms with E-state index in [1.807, 2.05) is 36.4 Å². The predicted octanol–water partition coefficient (Wildman–Crippen LogP) is 5.32. The van der Waals surface area contributed by atoms with Gasteiger partial charge in [-0.2, -0.15) is 0 Å². The van der Waals surface area contributed by atoms with Crippen LogP contribution in [0.4, 0.5) is 14.5 Å². The van der Waals surface area contributed by atoms with E-state index in [1.54, 1.807) is 6.08 Å². The van der Waals surface area contributed by atoms with E-state index in [-0.39, 0.29) is 23.5 Å².